The molecule has 1 N–H and O–H groups in total. The van der Waals surface area contributed by atoms with Crippen LogP contribution in [-0.4, -0.2) is 40.3 Å². The van der Waals surface area contributed by atoms with Gasteiger partial charge in [-0.3, -0.25) is 4.57 Å². The van der Waals surface area contributed by atoms with Gasteiger partial charge in [0.05, 0.1) is 11.6 Å². The number of aliphatic hydroxyl groups excluding tert-OH is 1. The molecule has 1 aliphatic carbocycles. The van der Waals surface area contributed by atoms with Crippen LogP contribution in [0.3, 0.4) is 0 Å². The van der Waals surface area contributed by atoms with Crippen LogP contribution >= 0.6 is 0 Å². The summed E-state index contributed by atoms with van der Waals surface area (Å²) in [5.41, 5.74) is 4.05. The molecule has 1 spiro atoms. The predicted molar refractivity (Wildman–Crippen MR) is 104 cm³/mol. The van der Waals surface area contributed by atoms with Crippen molar-refractivity contribution in [3.8, 4) is 0 Å². The van der Waals surface area contributed by atoms with Crippen molar-refractivity contribution in [3.05, 3.63) is 70.2 Å². The summed E-state index contributed by atoms with van der Waals surface area (Å²) < 4.78 is 7.05. The molecule has 0 unspecified atom stereocenters. The van der Waals surface area contributed by atoms with Crippen molar-refractivity contribution >= 4 is 11.1 Å². The first kappa shape index (κ1) is 16.8. The molecule has 0 bridgehead atoms. The summed E-state index contributed by atoms with van der Waals surface area (Å²) in [7, 11) is 0. The molecule has 5 heteroatoms. The van der Waals surface area contributed by atoms with Crippen molar-refractivity contribution in [1.82, 2.24) is 9.47 Å². The summed E-state index contributed by atoms with van der Waals surface area (Å²) in [6.07, 6.45) is 2.42. The highest BCUT2D eigenvalue weighted by atomic mass is 16.4. The third-order valence-corrected chi connectivity index (χ3v) is 6.57. The van der Waals surface area contributed by atoms with Crippen molar-refractivity contribution in [1.29, 1.82) is 0 Å². The van der Waals surface area contributed by atoms with Gasteiger partial charge in [0, 0.05) is 18.5 Å². The SMILES string of the molecule is O=c1oc2ccccc2n1CCN1CCC2(CC1)c1ccccc1C[C@@H]2O. The zero-order valence-corrected chi connectivity index (χ0v) is 15.3. The van der Waals surface area contributed by atoms with Crippen LogP contribution in [0.4, 0.5) is 0 Å². The predicted octanol–water partition coefficient (Wildman–Crippen LogP) is 2.55. The molecule has 27 heavy (non-hydrogen) atoms. The summed E-state index contributed by atoms with van der Waals surface area (Å²) in [5, 5.41) is 10.8. The Morgan fingerprint density at radius 2 is 1.78 bits per heavy atom. The van der Waals surface area contributed by atoms with Gasteiger partial charge in [0.1, 0.15) is 0 Å². The van der Waals surface area contributed by atoms with Gasteiger partial charge in [-0.1, -0.05) is 36.4 Å². The highest BCUT2D eigenvalue weighted by Gasteiger charge is 2.47. The Balaban J connectivity index is 1.29. The van der Waals surface area contributed by atoms with E-state index in [1.54, 1.807) is 4.57 Å². The van der Waals surface area contributed by atoms with E-state index in [1.165, 1.54) is 11.1 Å². The van der Waals surface area contributed by atoms with E-state index in [4.69, 9.17) is 4.42 Å². The van der Waals surface area contributed by atoms with Gasteiger partial charge in [-0.15, -0.1) is 0 Å². The molecule has 0 radical (unpaired) electrons. The Labute approximate surface area is 157 Å². The van der Waals surface area contributed by atoms with Crippen LogP contribution < -0.4 is 5.76 Å². The van der Waals surface area contributed by atoms with Gasteiger partial charge >= 0.3 is 5.76 Å². The Morgan fingerprint density at radius 1 is 1.04 bits per heavy atom. The Hall–Kier alpha value is -2.37. The average Bonchev–Trinajstić information content (AvgIpc) is 3.15. The van der Waals surface area contributed by atoms with Crippen LogP contribution in [0.15, 0.2) is 57.7 Å². The molecule has 2 heterocycles. The van der Waals surface area contributed by atoms with Crippen molar-refractivity contribution < 1.29 is 9.52 Å². The lowest BCUT2D eigenvalue weighted by Gasteiger charge is -2.42. The third kappa shape index (κ3) is 2.65. The molecule has 1 aromatic heterocycles. The van der Waals surface area contributed by atoms with Gasteiger partial charge in [0.15, 0.2) is 5.58 Å². The van der Waals surface area contributed by atoms with E-state index in [0.717, 1.165) is 44.4 Å². The fraction of sp³-hybridized carbons (Fsp3) is 0.409. The first-order valence-electron chi connectivity index (χ1n) is 9.74. The fourth-order valence-corrected chi connectivity index (χ4v) is 5.01. The van der Waals surface area contributed by atoms with Gasteiger partial charge < -0.3 is 14.4 Å². The van der Waals surface area contributed by atoms with E-state index in [2.05, 4.69) is 29.2 Å². The number of hydrogen-bond acceptors (Lipinski definition) is 4. The van der Waals surface area contributed by atoms with Crippen LogP contribution in [0.2, 0.25) is 0 Å². The molecule has 2 aliphatic rings. The largest absolute Gasteiger partial charge is 0.419 e. The van der Waals surface area contributed by atoms with Gasteiger partial charge in [-0.05, 0) is 55.6 Å². The maximum absolute atomic E-state index is 12.1. The number of aliphatic hydroxyl groups is 1. The minimum absolute atomic E-state index is 0.0910. The number of nitrogens with zero attached hydrogens (tertiary/aromatic N) is 2. The lowest BCUT2D eigenvalue weighted by molar-refractivity contribution is 0.0425. The van der Waals surface area contributed by atoms with Crippen molar-refractivity contribution in [2.75, 3.05) is 19.6 Å². The van der Waals surface area contributed by atoms with E-state index in [1.807, 2.05) is 24.3 Å². The van der Waals surface area contributed by atoms with Crippen LogP contribution in [-0.2, 0) is 18.4 Å². The molecule has 1 saturated heterocycles. The van der Waals surface area contributed by atoms with E-state index < -0.39 is 0 Å². The molecule has 1 aliphatic heterocycles. The first-order valence-corrected chi connectivity index (χ1v) is 9.74. The molecule has 3 aromatic rings. The second-order valence-corrected chi connectivity index (χ2v) is 7.86. The number of rotatable bonds is 3. The van der Waals surface area contributed by atoms with E-state index in [-0.39, 0.29) is 17.3 Å². The van der Waals surface area contributed by atoms with Gasteiger partial charge in [0.25, 0.3) is 0 Å². The van der Waals surface area contributed by atoms with Gasteiger partial charge in [-0.2, -0.15) is 0 Å². The number of benzene rings is 2. The zero-order chi connectivity index (χ0) is 18.4. The molecule has 0 saturated carbocycles. The number of para-hydroxylation sites is 2. The number of hydrogen-bond donors (Lipinski definition) is 1. The number of fused-ring (bicyclic) bond motifs is 3. The third-order valence-electron chi connectivity index (χ3n) is 6.57. The molecule has 140 valence electrons. The second kappa shape index (κ2) is 6.36. The monoisotopic (exact) mass is 364 g/mol. The Kier molecular flexibility index (Phi) is 3.95. The summed E-state index contributed by atoms with van der Waals surface area (Å²) in [5.74, 6) is -0.287. The highest BCUT2D eigenvalue weighted by molar-refractivity contribution is 5.72. The number of likely N-dealkylation sites (tertiary alicyclic amines) is 1. The molecule has 5 nitrogen and oxygen atoms in total. The summed E-state index contributed by atoms with van der Waals surface area (Å²) in [6.45, 7) is 3.32. The smallest absolute Gasteiger partial charge is 0.408 e. The van der Waals surface area contributed by atoms with Crippen LogP contribution in [0.1, 0.15) is 24.0 Å². The molecular formula is C22H24N2O3. The first-order chi connectivity index (χ1) is 13.2. The zero-order valence-electron chi connectivity index (χ0n) is 15.3. The van der Waals surface area contributed by atoms with Crippen LogP contribution in [0, 0.1) is 0 Å². The molecule has 5 rings (SSSR count). The van der Waals surface area contributed by atoms with Crippen molar-refractivity contribution in [2.45, 2.75) is 37.3 Å². The normalized spacial score (nSPS) is 21.7. The summed E-state index contributed by atoms with van der Waals surface area (Å²) in [6, 6.07) is 16.1. The molecule has 0 amide bonds. The lowest BCUT2D eigenvalue weighted by atomic mass is 9.72. The molecule has 1 atom stereocenters. The fourth-order valence-electron chi connectivity index (χ4n) is 5.01. The number of oxazole rings is 1. The van der Waals surface area contributed by atoms with Crippen LogP contribution in [0.25, 0.3) is 11.1 Å². The summed E-state index contributed by atoms with van der Waals surface area (Å²) in [4.78, 5) is 14.5. The van der Waals surface area contributed by atoms with Crippen molar-refractivity contribution in [3.63, 3.8) is 0 Å². The minimum atomic E-state index is -0.287. The maximum Gasteiger partial charge on any atom is 0.419 e. The molecule has 1 fully saturated rings. The van der Waals surface area contributed by atoms with E-state index in [9.17, 15) is 9.90 Å². The highest BCUT2D eigenvalue weighted by Crippen LogP contribution is 2.46. The topological polar surface area (TPSA) is 58.6 Å². The van der Waals surface area contributed by atoms with Gasteiger partial charge in [0.2, 0.25) is 0 Å². The minimum Gasteiger partial charge on any atom is -0.408 e. The average molecular weight is 364 g/mol. The van der Waals surface area contributed by atoms with Crippen molar-refractivity contribution in [2.24, 2.45) is 0 Å². The lowest BCUT2D eigenvalue weighted by Crippen LogP contribution is -2.48. The van der Waals surface area contributed by atoms with E-state index in [0.29, 0.717) is 12.1 Å². The van der Waals surface area contributed by atoms with Gasteiger partial charge in [-0.25, -0.2) is 4.79 Å². The Bertz CT molecular complexity index is 1030. The summed E-state index contributed by atoms with van der Waals surface area (Å²) >= 11 is 0. The second-order valence-electron chi connectivity index (χ2n) is 7.86. The standard InChI is InChI=1S/C22H24N2O3/c25-20-15-16-5-1-2-6-17(16)22(20)9-11-23(12-10-22)13-14-24-18-7-3-4-8-19(18)27-21(24)26/h1-8,20,25H,9-15H2/t20-/m0/s1. The van der Waals surface area contributed by atoms with Crippen LogP contribution in [0.5, 0.6) is 0 Å². The molecule has 2 aromatic carbocycles. The number of piperidine rings is 1. The number of aromatic nitrogens is 1. The quantitative estimate of drug-likeness (QED) is 0.776. The molecular weight excluding hydrogens is 340 g/mol. The Morgan fingerprint density at radius 3 is 2.63 bits per heavy atom. The van der Waals surface area contributed by atoms with E-state index >= 15 is 0 Å². The maximum atomic E-state index is 12.1.